The van der Waals surface area contributed by atoms with Crippen molar-refractivity contribution in [3.05, 3.63) is 49.9 Å². The average molecular weight is 339 g/mol. The number of benzene rings is 1. The minimum atomic E-state index is 0.390. The predicted octanol–water partition coefficient (Wildman–Crippen LogP) is 4.48. The van der Waals surface area contributed by atoms with Crippen LogP contribution in [0.2, 0.25) is 0 Å². The molecule has 0 amide bonds. The summed E-state index contributed by atoms with van der Waals surface area (Å²) in [6, 6.07) is 8.85. The molecule has 0 radical (unpaired) electrons. The van der Waals surface area contributed by atoms with Gasteiger partial charge in [0, 0.05) is 21.8 Å². The number of aromatic nitrogens is 1. The zero-order valence-corrected chi connectivity index (χ0v) is 13.9. The lowest BCUT2D eigenvalue weighted by Crippen LogP contribution is -2.17. The van der Waals surface area contributed by atoms with Gasteiger partial charge in [-0.1, -0.05) is 35.0 Å². The van der Waals surface area contributed by atoms with Crippen LogP contribution in [-0.2, 0) is 6.42 Å². The molecule has 2 rings (SSSR count). The fraction of sp³-hybridized carbons (Fsp3) is 0.400. The molecule has 1 atom stereocenters. The Morgan fingerprint density at radius 2 is 2.00 bits per heavy atom. The molecule has 1 heterocycles. The van der Waals surface area contributed by atoms with E-state index in [0.29, 0.717) is 6.04 Å². The fourth-order valence-corrected chi connectivity index (χ4v) is 3.51. The Morgan fingerprint density at radius 1 is 1.32 bits per heavy atom. The summed E-state index contributed by atoms with van der Waals surface area (Å²) in [5.41, 5.74) is 2.46. The monoisotopic (exact) mass is 338 g/mol. The third-order valence-corrected chi connectivity index (χ3v) is 4.92. The van der Waals surface area contributed by atoms with Crippen molar-refractivity contribution in [3.63, 3.8) is 0 Å². The second kappa shape index (κ2) is 6.64. The third-order valence-electron chi connectivity index (χ3n) is 3.05. The van der Waals surface area contributed by atoms with Crippen LogP contribution in [0.4, 0.5) is 0 Å². The van der Waals surface area contributed by atoms with Crippen molar-refractivity contribution in [2.24, 2.45) is 0 Å². The number of halogens is 1. The van der Waals surface area contributed by atoms with Gasteiger partial charge in [0.25, 0.3) is 0 Å². The Hall–Kier alpha value is -0.710. The Kier molecular flexibility index (Phi) is 5.13. The normalized spacial score (nSPS) is 12.6. The Balaban J connectivity index is 2.13. The van der Waals surface area contributed by atoms with Crippen LogP contribution in [0.25, 0.3) is 0 Å². The Morgan fingerprint density at radius 3 is 2.63 bits per heavy atom. The number of nitrogens with one attached hydrogen (secondary N) is 1. The molecule has 1 N–H and O–H groups in total. The standard InChI is InChI=1S/C15H19BrN2S/c1-4-17-10(2)15-11(3)18-14(19-15)9-12-5-7-13(16)8-6-12/h5-8,10,17H,4,9H2,1-3H3. The quantitative estimate of drug-likeness (QED) is 0.869. The zero-order valence-electron chi connectivity index (χ0n) is 11.5. The average Bonchev–Trinajstić information content (AvgIpc) is 2.74. The van der Waals surface area contributed by atoms with Gasteiger partial charge in [0.1, 0.15) is 0 Å². The van der Waals surface area contributed by atoms with Crippen LogP contribution in [0.3, 0.4) is 0 Å². The topological polar surface area (TPSA) is 24.9 Å². The molecule has 0 aliphatic rings. The first-order valence-electron chi connectivity index (χ1n) is 6.54. The lowest BCUT2D eigenvalue weighted by atomic mass is 10.2. The molecule has 4 heteroatoms. The largest absolute Gasteiger partial charge is 0.310 e. The first-order valence-corrected chi connectivity index (χ1v) is 8.15. The second-order valence-electron chi connectivity index (χ2n) is 4.64. The maximum atomic E-state index is 4.70. The molecule has 0 spiro atoms. The van der Waals surface area contributed by atoms with Gasteiger partial charge in [-0.3, -0.25) is 0 Å². The number of aryl methyl sites for hydroxylation is 1. The molecule has 0 fully saturated rings. The van der Waals surface area contributed by atoms with E-state index in [1.54, 1.807) is 0 Å². The van der Waals surface area contributed by atoms with Crippen molar-refractivity contribution in [2.45, 2.75) is 33.2 Å². The highest BCUT2D eigenvalue weighted by molar-refractivity contribution is 9.10. The highest BCUT2D eigenvalue weighted by atomic mass is 79.9. The minimum Gasteiger partial charge on any atom is -0.310 e. The molecule has 0 saturated heterocycles. The highest BCUT2D eigenvalue weighted by Gasteiger charge is 2.13. The summed E-state index contributed by atoms with van der Waals surface area (Å²) in [6.07, 6.45) is 0.914. The molecule has 2 nitrogen and oxygen atoms in total. The number of rotatable bonds is 5. The summed E-state index contributed by atoms with van der Waals surface area (Å²) in [6.45, 7) is 7.42. The molecule has 1 aromatic carbocycles. The number of hydrogen-bond donors (Lipinski definition) is 1. The van der Waals surface area contributed by atoms with E-state index >= 15 is 0 Å². The van der Waals surface area contributed by atoms with Crippen LogP contribution >= 0.6 is 27.3 Å². The molecule has 0 aliphatic heterocycles. The van der Waals surface area contributed by atoms with Gasteiger partial charge in [-0.05, 0) is 38.1 Å². The summed E-state index contributed by atoms with van der Waals surface area (Å²) in [5.74, 6) is 0. The van der Waals surface area contributed by atoms with Crippen molar-refractivity contribution < 1.29 is 0 Å². The van der Waals surface area contributed by atoms with Crippen LogP contribution < -0.4 is 5.32 Å². The summed E-state index contributed by atoms with van der Waals surface area (Å²) in [4.78, 5) is 6.05. The van der Waals surface area contributed by atoms with Crippen molar-refractivity contribution in [1.29, 1.82) is 0 Å². The van der Waals surface area contributed by atoms with Crippen LogP contribution in [0.5, 0.6) is 0 Å². The lowest BCUT2D eigenvalue weighted by Gasteiger charge is -2.09. The van der Waals surface area contributed by atoms with Gasteiger partial charge in [-0.15, -0.1) is 11.3 Å². The Labute approximate surface area is 127 Å². The molecule has 102 valence electrons. The van der Waals surface area contributed by atoms with Gasteiger partial charge in [0.15, 0.2) is 0 Å². The van der Waals surface area contributed by atoms with Gasteiger partial charge in [0.05, 0.1) is 10.7 Å². The van der Waals surface area contributed by atoms with Crippen LogP contribution in [0.15, 0.2) is 28.7 Å². The van der Waals surface area contributed by atoms with Crippen molar-refractivity contribution in [1.82, 2.24) is 10.3 Å². The van der Waals surface area contributed by atoms with Crippen LogP contribution in [0, 0.1) is 6.92 Å². The maximum absolute atomic E-state index is 4.70. The fourth-order valence-electron chi connectivity index (χ4n) is 2.12. The van der Waals surface area contributed by atoms with Gasteiger partial charge < -0.3 is 5.32 Å². The summed E-state index contributed by atoms with van der Waals surface area (Å²) >= 11 is 5.28. The van der Waals surface area contributed by atoms with E-state index in [0.717, 1.165) is 23.1 Å². The molecular formula is C15H19BrN2S. The van der Waals surface area contributed by atoms with Crippen LogP contribution in [0.1, 0.15) is 41.0 Å². The molecule has 1 unspecified atom stereocenters. The highest BCUT2D eigenvalue weighted by Crippen LogP contribution is 2.26. The molecule has 0 saturated carbocycles. The summed E-state index contributed by atoms with van der Waals surface area (Å²) < 4.78 is 1.12. The van der Waals surface area contributed by atoms with E-state index in [1.807, 2.05) is 11.3 Å². The first kappa shape index (κ1) is 14.7. The van der Waals surface area contributed by atoms with E-state index in [4.69, 9.17) is 4.98 Å². The SMILES string of the molecule is CCNC(C)c1sc(Cc2ccc(Br)cc2)nc1C. The summed E-state index contributed by atoms with van der Waals surface area (Å²) in [7, 11) is 0. The van der Waals surface area contributed by atoms with Gasteiger partial charge in [-0.25, -0.2) is 4.98 Å². The van der Waals surface area contributed by atoms with E-state index in [2.05, 4.69) is 66.3 Å². The van der Waals surface area contributed by atoms with E-state index in [-0.39, 0.29) is 0 Å². The first-order chi connectivity index (χ1) is 9.10. The zero-order chi connectivity index (χ0) is 13.8. The smallest absolute Gasteiger partial charge is 0.0975 e. The molecule has 0 bridgehead atoms. The third kappa shape index (κ3) is 3.88. The van der Waals surface area contributed by atoms with Gasteiger partial charge in [0.2, 0.25) is 0 Å². The van der Waals surface area contributed by atoms with E-state index < -0.39 is 0 Å². The van der Waals surface area contributed by atoms with E-state index in [9.17, 15) is 0 Å². The lowest BCUT2D eigenvalue weighted by molar-refractivity contribution is 0.603. The number of hydrogen-bond acceptors (Lipinski definition) is 3. The van der Waals surface area contributed by atoms with Crippen molar-refractivity contribution in [3.8, 4) is 0 Å². The molecule has 2 aromatic rings. The molecule has 19 heavy (non-hydrogen) atoms. The molecular weight excluding hydrogens is 320 g/mol. The number of thiazole rings is 1. The minimum absolute atomic E-state index is 0.390. The van der Waals surface area contributed by atoms with E-state index in [1.165, 1.54) is 15.4 Å². The van der Waals surface area contributed by atoms with Crippen LogP contribution in [-0.4, -0.2) is 11.5 Å². The van der Waals surface area contributed by atoms with Gasteiger partial charge >= 0.3 is 0 Å². The second-order valence-corrected chi connectivity index (χ2v) is 6.67. The Bertz CT molecular complexity index is 534. The maximum Gasteiger partial charge on any atom is 0.0975 e. The number of nitrogens with zero attached hydrogens (tertiary/aromatic N) is 1. The van der Waals surface area contributed by atoms with Crippen molar-refractivity contribution >= 4 is 27.3 Å². The molecule has 1 aromatic heterocycles. The van der Waals surface area contributed by atoms with Crippen molar-refractivity contribution in [2.75, 3.05) is 6.54 Å². The van der Waals surface area contributed by atoms with Gasteiger partial charge in [-0.2, -0.15) is 0 Å². The molecule has 0 aliphatic carbocycles. The summed E-state index contributed by atoms with van der Waals surface area (Å²) in [5, 5.41) is 4.65. The predicted molar refractivity (Wildman–Crippen MR) is 85.9 cm³/mol.